The Morgan fingerprint density at radius 3 is 2.75 bits per heavy atom. The highest BCUT2D eigenvalue weighted by Crippen LogP contribution is 2.29. The molecule has 0 bridgehead atoms. The molecule has 2 amide bonds. The van der Waals surface area contributed by atoms with E-state index in [4.69, 9.17) is 16.3 Å². The summed E-state index contributed by atoms with van der Waals surface area (Å²) < 4.78 is 5.35. The topological polar surface area (TPSA) is 67.4 Å². The van der Waals surface area contributed by atoms with Crippen LogP contribution < -0.4 is 15.4 Å². The Morgan fingerprint density at radius 2 is 2.04 bits per heavy atom. The minimum Gasteiger partial charge on any atom is -0.482 e. The minimum absolute atomic E-state index is 0.0412. The quantitative estimate of drug-likeness (QED) is 0.891. The van der Waals surface area contributed by atoms with Gasteiger partial charge >= 0.3 is 0 Å². The number of fused-ring (bicyclic) bond motifs is 1. The maximum atomic E-state index is 12.5. The van der Waals surface area contributed by atoms with Crippen LogP contribution >= 0.6 is 11.6 Å². The molecule has 0 spiro atoms. The van der Waals surface area contributed by atoms with E-state index in [0.29, 0.717) is 22.0 Å². The summed E-state index contributed by atoms with van der Waals surface area (Å²) >= 11 is 5.91. The normalized spacial score (nSPS) is 14.2. The first-order chi connectivity index (χ1) is 11.6. The van der Waals surface area contributed by atoms with Gasteiger partial charge in [0.15, 0.2) is 6.61 Å². The van der Waals surface area contributed by atoms with E-state index >= 15 is 0 Å². The first-order valence-electron chi connectivity index (χ1n) is 7.70. The standard InChI is InChI=1S/C18H17ClN2O3/c1-2-14(11-3-6-13(19)7-4-11)21-18(23)12-5-8-15-16(9-12)24-10-17(22)20-15/h3-9,14H,2,10H2,1H3,(H,20,22)(H,21,23)/t14-/m0/s1. The average Bonchev–Trinajstić information content (AvgIpc) is 2.60. The summed E-state index contributed by atoms with van der Waals surface area (Å²) in [7, 11) is 0. The van der Waals surface area contributed by atoms with Crippen molar-refractivity contribution < 1.29 is 14.3 Å². The van der Waals surface area contributed by atoms with E-state index in [1.807, 2.05) is 19.1 Å². The van der Waals surface area contributed by atoms with Crippen LogP contribution in [0, 0.1) is 0 Å². The number of benzene rings is 2. The van der Waals surface area contributed by atoms with Crippen molar-refractivity contribution >= 4 is 29.1 Å². The lowest BCUT2D eigenvalue weighted by Crippen LogP contribution is -2.29. The second-order valence-electron chi connectivity index (χ2n) is 5.53. The number of hydrogen-bond donors (Lipinski definition) is 2. The van der Waals surface area contributed by atoms with E-state index in [9.17, 15) is 9.59 Å². The van der Waals surface area contributed by atoms with E-state index in [0.717, 1.165) is 12.0 Å². The molecule has 0 aromatic heterocycles. The molecule has 124 valence electrons. The van der Waals surface area contributed by atoms with Crippen molar-refractivity contribution in [2.45, 2.75) is 19.4 Å². The number of anilines is 1. The van der Waals surface area contributed by atoms with Gasteiger partial charge in [-0.3, -0.25) is 9.59 Å². The molecule has 24 heavy (non-hydrogen) atoms. The molecule has 2 aromatic rings. The van der Waals surface area contributed by atoms with Gasteiger partial charge in [0.25, 0.3) is 11.8 Å². The number of carbonyl (C=O) groups is 2. The highest BCUT2D eigenvalue weighted by molar-refractivity contribution is 6.30. The van der Waals surface area contributed by atoms with Crippen molar-refractivity contribution in [1.82, 2.24) is 5.32 Å². The fourth-order valence-electron chi connectivity index (χ4n) is 2.57. The van der Waals surface area contributed by atoms with E-state index in [1.54, 1.807) is 30.3 Å². The monoisotopic (exact) mass is 344 g/mol. The number of ether oxygens (including phenoxy) is 1. The lowest BCUT2D eigenvalue weighted by molar-refractivity contribution is -0.118. The van der Waals surface area contributed by atoms with Crippen LogP contribution in [0.4, 0.5) is 5.69 Å². The summed E-state index contributed by atoms with van der Waals surface area (Å²) in [6.45, 7) is 1.96. The number of amides is 2. The molecule has 6 heteroatoms. The molecule has 0 saturated heterocycles. The van der Waals surface area contributed by atoms with Gasteiger partial charge in [-0.25, -0.2) is 0 Å². The molecule has 1 atom stereocenters. The third-order valence-corrected chi connectivity index (χ3v) is 4.11. The van der Waals surface area contributed by atoms with Gasteiger partial charge in [-0.15, -0.1) is 0 Å². The van der Waals surface area contributed by atoms with Crippen LogP contribution in [0.3, 0.4) is 0 Å². The van der Waals surface area contributed by atoms with E-state index in [1.165, 1.54) is 0 Å². The zero-order chi connectivity index (χ0) is 17.1. The Bertz CT molecular complexity index is 774. The van der Waals surface area contributed by atoms with Gasteiger partial charge in [0.05, 0.1) is 11.7 Å². The zero-order valence-corrected chi connectivity index (χ0v) is 13.9. The third-order valence-electron chi connectivity index (χ3n) is 3.86. The van der Waals surface area contributed by atoms with E-state index in [-0.39, 0.29) is 24.5 Å². The Hall–Kier alpha value is -2.53. The second kappa shape index (κ2) is 6.93. The van der Waals surface area contributed by atoms with Gasteiger partial charge in [0.2, 0.25) is 0 Å². The summed E-state index contributed by atoms with van der Waals surface area (Å²) in [5.74, 6) is 0.107. The molecule has 2 aromatic carbocycles. The van der Waals surface area contributed by atoms with Crippen LogP contribution in [0.2, 0.25) is 5.02 Å². The lowest BCUT2D eigenvalue weighted by atomic mass is 10.0. The first-order valence-corrected chi connectivity index (χ1v) is 8.07. The number of halogens is 1. The molecule has 2 N–H and O–H groups in total. The molecular weight excluding hydrogens is 328 g/mol. The Balaban J connectivity index is 1.76. The van der Waals surface area contributed by atoms with E-state index < -0.39 is 0 Å². The maximum Gasteiger partial charge on any atom is 0.262 e. The van der Waals surface area contributed by atoms with Crippen molar-refractivity contribution in [3.8, 4) is 5.75 Å². The minimum atomic E-state index is -0.200. The first kappa shape index (κ1) is 16.3. The van der Waals surface area contributed by atoms with Gasteiger partial charge in [-0.05, 0) is 42.3 Å². The largest absolute Gasteiger partial charge is 0.482 e. The van der Waals surface area contributed by atoms with Crippen LogP contribution in [0.5, 0.6) is 5.75 Å². The molecule has 1 heterocycles. The van der Waals surface area contributed by atoms with Crippen LogP contribution in [-0.4, -0.2) is 18.4 Å². The van der Waals surface area contributed by atoms with Crippen molar-refractivity contribution in [1.29, 1.82) is 0 Å². The lowest BCUT2D eigenvalue weighted by Gasteiger charge is -2.20. The van der Waals surface area contributed by atoms with Crippen LogP contribution in [0.15, 0.2) is 42.5 Å². The summed E-state index contributed by atoms with van der Waals surface area (Å²) in [5, 5.41) is 6.37. The predicted molar refractivity (Wildman–Crippen MR) is 92.5 cm³/mol. The van der Waals surface area contributed by atoms with Gasteiger partial charge in [0, 0.05) is 10.6 Å². The third kappa shape index (κ3) is 3.51. The fourth-order valence-corrected chi connectivity index (χ4v) is 2.70. The van der Waals surface area contributed by atoms with Gasteiger partial charge in [-0.1, -0.05) is 30.7 Å². The molecule has 1 aliphatic rings. The van der Waals surface area contributed by atoms with Crippen molar-refractivity contribution in [2.24, 2.45) is 0 Å². The van der Waals surface area contributed by atoms with Gasteiger partial charge in [-0.2, -0.15) is 0 Å². The molecule has 0 fully saturated rings. The molecular formula is C18H17ClN2O3. The number of rotatable bonds is 4. The number of nitrogens with one attached hydrogen (secondary N) is 2. The zero-order valence-electron chi connectivity index (χ0n) is 13.1. The molecule has 1 aliphatic heterocycles. The number of hydrogen-bond acceptors (Lipinski definition) is 3. The molecule has 0 radical (unpaired) electrons. The summed E-state index contributed by atoms with van der Waals surface area (Å²) in [4.78, 5) is 23.8. The predicted octanol–water partition coefficient (Wildman–Crippen LogP) is 3.55. The highest BCUT2D eigenvalue weighted by atomic mass is 35.5. The van der Waals surface area contributed by atoms with Crippen molar-refractivity contribution in [3.05, 3.63) is 58.6 Å². The van der Waals surface area contributed by atoms with Crippen molar-refractivity contribution in [3.63, 3.8) is 0 Å². The SMILES string of the molecule is CC[C@H](NC(=O)c1ccc2c(c1)OCC(=O)N2)c1ccc(Cl)cc1. The van der Waals surface area contributed by atoms with Crippen LogP contribution in [0.1, 0.15) is 35.3 Å². The summed E-state index contributed by atoms with van der Waals surface area (Å²) in [6.07, 6.45) is 0.755. The molecule has 5 nitrogen and oxygen atoms in total. The smallest absolute Gasteiger partial charge is 0.262 e. The fraction of sp³-hybridized carbons (Fsp3) is 0.222. The Kier molecular flexibility index (Phi) is 4.71. The van der Waals surface area contributed by atoms with Crippen LogP contribution in [0.25, 0.3) is 0 Å². The Morgan fingerprint density at radius 1 is 1.29 bits per heavy atom. The highest BCUT2D eigenvalue weighted by Gasteiger charge is 2.19. The molecule has 3 rings (SSSR count). The summed E-state index contributed by atoms with van der Waals surface area (Å²) in [6, 6.07) is 12.3. The molecule has 0 unspecified atom stereocenters. The Labute approximate surface area is 145 Å². The molecule has 0 aliphatic carbocycles. The number of carbonyl (C=O) groups excluding carboxylic acids is 2. The van der Waals surface area contributed by atoms with E-state index in [2.05, 4.69) is 10.6 Å². The van der Waals surface area contributed by atoms with Gasteiger partial charge < -0.3 is 15.4 Å². The average molecular weight is 345 g/mol. The summed E-state index contributed by atoms with van der Waals surface area (Å²) in [5.41, 5.74) is 2.06. The molecule has 0 saturated carbocycles. The second-order valence-corrected chi connectivity index (χ2v) is 5.97. The van der Waals surface area contributed by atoms with Gasteiger partial charge in [0.1, 0.15) is 5.75 Å². The van der Waals surface area contributed by atoms with Crippen molar-refractivity contribution in [2.75, 3.05) is 11.9 Å². The van der Waals surface area contributed by atoms with Crippen LogP contribution in [-0.2, 0) is 4.79 Å². The maximum absolute atomic E-state index is 12.5.